The quantitative estimate of drug-likeness (QED) is 0.913. The average Bonchev–Trinajstić information content (AvgIpc) is 2.92. The maximum absolute atomic E-state index is 12.1. The molecule has 1 amide bonds. The number of carbonyl (C=O) groups excluding carboxylic acids is 1. The molecule has 3 rings (SSSR count). The molecule has 0 bridgehead atoms. The molecule has 0 unspecified atom stereocenters. The first-order valence-electron chi connectivity index (χ1n) is 6.83. The van der Waals surface area contributed by atoms with Gasteiger partial charge in [0.05, 0.1) is 6.54 Å². The van der Waals surface area contributed by atoms with Gasteiger partial charge in [-0.3, -0.25) is 9.69 Å². The minimum Gasteiger partial charge on any atom is -0.324 e. The maximum Gasteiger partial charge on any atom is 0.238 e. The lowest BCUT2D eigenvalue weighted by molar-refractivity contribution is -0.117. The molecule has 2 aromatic rings. The average molecular weight is 254 g/mol. The second-order valence-electron chi connectivity index (χ2n) is 5.06. The molecule has 0 aromatic heterocycles. The molecule has 98 valence electrons. The first kappa shape index (κ1) is 12.2. The summed E-state index contributed by atoms with van der Waals surface area (Å²) < 4.78 is 0. The lowest BCUT2D eigenvalue weighted by Crippen LogP contribution is -2.30. The summed E-state index contributed by atoms with van der Waals surface area (Å²) in [5, 5.41) is 5.28. The van der Waals surface area contributed by atoms with Gasteiger partial charge in [-0.25, -0.2) is 0 Å². The second kappa shape index (κ2) is 5.41. The number of nitrogens with one attached hydrogen (secondary N) is 1. The number of hydrogen-bond acceptors (Lipinski definition) is 2. The van der Waals surface area contributed by atoms with Crippen molar-refractivity contribution in [1.82, 2.24) is 4.90 Å². The molecule has 0 spiro atoms. The monoisotopic (exact) mass is 254 g/mol. The normalized spacial score (nSPS) is 15.8. The van der Waals surface area contributed by atoms with Gasteiger partial charge in [-0.1, -0.05) is 36.4 Å². The van der Waals surface area contributed by atoms with Crippen molar-refractivity contribution in [2.75, 3.05) is 25.0 Å². The van der Waals surface area contributed by atoms with Gasteiger partial charge < -0.3 is 5.32 Å². The van der Waals surface area contributed by atoms with Gasteiger partial charge in [-0.2, -0.15) is 0 Å². The number of anilines is 1. The van der Waals surface area contributed by atoms with E-state index in [4.69, 9.17) is 0 Å². The highest BCUT2D eigenvalue weighted by molar-refractivity contribution is 6.02. The predicted molar refractivity (Wildman–Crippen MR) is 78.3 cm³/mol. The zero-order valence-corrected chi connectivity index (χ0v) is 10.9. The zero-order chi connectivity index (χ0) is 13.1. The van der Waals surface area contributed by atoms with Crippen molar-refractivity contribution in [3.63, 3.8) is 0 Å². The van der Waals surface area contributed by atoms with E-state index in [2.05, 4.69) is 22.3 Å². The van der Waals surface area contributed by atoms with E-state index in [0.29, 0.717) is 6.54 Å². The number of benzene rings is 2. The SMILES string of the molecule is O=C(CN1CCCC1)Nc1cccc2ccccc12. The fourth-order valence-electron chi connectivity index (χ4n) is 2.67. The van der Waals surface area contributed by atoms with Gasteiger partial charge in [0.25, 0.3) is 0 Å². The minimum atomic E-state index is 0.0817. The fourth-order valence-corrected chi connectivity index (χ4v) is 2.67. The van der Waals surface area contributed by atoms with E-state index in [1.807, 2.05) is 30.3 Å². The van der Waals surface area contributed by atoms with Crippen molar-refractivity contribution in [3.05, 3.63) is 42.5 Å². The highest BCUT2D eigenvalue weighted by atomic mass is 16.2. The van der Waals surface area contributed by atoms with Crippen LogP contribution in [0.15, 0.2) is 42.5 Å². The second-order valence-corrected chi connectivity index (χ2v) is 5.06. The standard InChI is InChI=1S/C16H18N2O/c19-16(12-18-10-3-4-11-18)17-15-9-5-7-13-6-1-2-8-14(13)15/h1-2,5-9H,3-4,10-12H2,(H,17,19). The molecule has 0 saturated carbocycles. The van der Waals surface area contributed by atoms with E-state index >= 15 is 0 Å². The number of hydrogen-bond donors (Lipinski definition) is 1. The van der Waals surface area contributed by atoms with Crippen LogP contribution in [0.5, 0.6) is 0 Å². The lowest BCUT2D eigenvalue weighted by atomic mass is 10.1. The summed E-state index contributed by atoms with van der Waals surface area (Å²) in [5.74, 6) is 0.0817. The molecule has 1 fully saturated rings. The molecule has 1 N–H and O–H groups in total. The molecule has 0 atom stereocenters. The van der Waals surface area contributed by atoms with Gasteiger partial charge in [0.1, 0.15) is 0 Å². The summed E-state index contributed by atoms with van der Waals surface area (Å²) in [6.45, 7) is 2.59. The van der Waals surface area contributed by atoms with Gasteiger partial charge in [-0.15, -0.1) is 0 Å². The Morgan fingerprint density at radius 2 is 1.79 bits per heavy atom. The van der Waals surface area contributed by atoms with Crippen LogP contribution in [0.3, 0.4) is 0 Å². The summed E-state index contributed by atoms with van der Waals surface area (Å²) >= 11 is 0. The molecule has 0 aliphatic carbocycles. The molecule has 1 saturated heterocycles. The molecule has 1 aliphatic heterocycles. The van der Waals surface area contributed by atoms with Crippen LogP contribution in [0.1, 0.15) is 12.8 Å². The van der Waals surface area contributed by atoms with Crippen LogP contribution in [0.25, 0.3) is 10.8 Å². The molecule has 0 radical (unpaired) electrons. The maximum atomic E-state index is 12.1. The third-order valence-electron chi connectivity index (χ3n) is 3.63. The van der Waals surface area contributed by atoms with Gasteiger partial charge in [0.15, 0.2) is 0 Å². The van der Waals surface area contributed by atoms with Crippen LogP contribution < -0.4 is 5.32 Å². The Kier molecular flexibility index (Phi) is 3.47. The molecule has 3 heteroatoms. The summed E-state index contributed by atoms with van der Waals surface area (Å²) in [5.41, 5.74) is 0.905. The van der Waals surface area contributed by atoms with E-state index in [9.17, 15) is 4.79 Å². The fraction of sp³-hybridized carbons (Fsp3) is 0.312. The first-order chi connectivity index (χ1) is 9.33. The van der Waals surface area contributed by atoms with Crippen LogP contribution >= 0.6 is 0 Å². The number of amides is 1. The Labute approximate surface area is 113 Å². The van der Waals surface area contributed by atoms with E-state index in [1.165, 1.54) is 12.8 Å². The largest absolute Gasteiger partial charge is 0.324 e. The Morgan fingerprint density at radius 1 is 1.05 bits per heavy atom. The van der Waals surface area contributed by atoms with E-state index in [-0.39, 0.29) is 5.91 Å². The van der Waals surface area contributed by atoms with Crippen LogP contribution in [-0.2, 0) is 4.79 Å². The topological polar surface area (TPSA) is 32.3 Å². The Bertz CT molecular complexity index is 583. The number of fused-ring (bicyclic) bond motifs is 1. The first-order valence-corrected chi connectivity index (χ1v) is 6.83. The Morgan fingerprint density at radius 3 is 2.63 bits per heavy atom. The number of likely N-dealkylation sites (tertiary alicyclic amines) is 1. The summed E-state index contributed by atoms with van der Waals surface area (Å²) in [6, 6.07) is 14.1. The third-order valence-corrected chi connectivity index (χ3v) is 3.63. The number of rotatable bonds is 3. The van der Waals surface area contributed by atoms with Crippen molar-refractivity contribution in [1.29, 1.82) is 0 Å². The van der Waals surface area contributed by atoms with Crippen molar-refractivity contribution in [2.24, 2.45) is 0 Å². The van der Waals surface area contributed by atoms with Gasteiger partial charge in [0, 0.05) is 11.1 Å². The third kappa shape index (κ3) is 2.76. The molecular weight excluding hydrogens is 236 g/mol. The molecule has 1 heterocycles. The Hall–Kier alpha value is -1.87. The van der Waals surface area contributed by atoms with Gasteiger partial charge in [-0.05, 0) is 37.4 Å². The number of nitrogens with zero attached hydrogens (tertiary/aromatic N) is 1. The summed E-state index contributed by atoms with van der Waals surface area (Å²) in [7, 11) is 0. The van der Waals surface area contributed by atoms with Crippen LogP contribution in [-0.4, -0.2) is 30.4 Å². The summed E-state index contributed by atoms with van der Waals surface area (Å²) in [6.07, 6.45) is 2.42. The molecule has 3 nitrogen and oxygen atoms in total. The molecule has 19 heavy (non-hydrogen) atoms. The van der Waals surface area contributed by atoms with Crippen molar-refractivity contribution in [3.8, 4) is 0 Å². The van der Waals surface area contributed by atoms with E-state index < -0.39 is 0 Å². The van der Waals surface area contributed by atoms with Crippen molar-refractivity contribution in [2.45, 2.75) is 12.8 Å². The minimum absolute atomic E-state index is 0.0817. The zero-order valence-electron chi connectivity index (χ0n) is 10.9. The van der Waals surface area contributed by atoms with Crippen molar-refractivity contribution >= 4 is 22.4 Å². The highest BCUT2D eigenvalue weighted by Gasteiger charge is 2.15. The lowest BCUT2D eigenvalue weighted by Gasteiger charge is -2.15. The van der Waals surface area contributed by atoms with Crippen LogP contribution in [0.2, 0.25) is 0 Å². The molecular formula is C16H18N2O. The predicted octanol–water partition coefficient (Wildman–Crippen LogP) is 2.87. The smallest absolute Gasteiger partial charge is 0.238 e. The Balaban J connectivity index is 1.75. The van der Waals surface area contributed by atoms with E-state index in [1.54, 1.807) is 0 Å². The van der Waals surface area contributed by atoms with Crippen LogP contribution in [0, 0.1) is 0 Å². The van der Waals surface area contributed by atoms with Gasteiger partial charge in [0.2, 0.25) is 5.91 Å². The summed E-state index contributed by atoms with van der Waals surface area (Å²) in [4.78, 5) is 14.3. The van der Waals surface area contributed by atoms with Crippen molar-refractivity contribution < 1.29 is 4.79 Å². The van der Waals surface area contributed by atoms with E-state index in [0.717, 1.165) is 29.5 Å². The number of carbonyl (C=O) groups is 1. The van der Waals surface area contributed by atoms with Crippen LogP contribution in [0.4, 0.5) is 5.69 Å². The molecule has 2 aromatic carbocycles. The molecule has 1 aliphatic rings. The highest BCUT2D eigenvalue weighted by Crippen LogP contribution is 2.22. The van der Waals surface area contributed by atoms with Gasteiger partial charge >= 0.3 is 0 Å².